The Morgan fingerprint density at radius 3 is 2.71 bits per heavy atom. The van der Waals surface area contributed by atoms with Gasteiger partial charge in [0, 0.05) is 23.9 Å². The molecule has 0 bridgehead atoms. The maximum atomic E-state index is 11.0. The van der Waals surface area contributed by atoms with E-state index in [-0.39, 0.29) is 6.54 Å². The number of halogens is 1. The lowest BCUT2D eigenvalue weighted by molar-refractivity contribution is 0.0456. The molecule has 2 aromatic carbocycles. The van der Waals surface area contributed by atoms with Crippen LogP contribution in [-0.2, 0) is 18.4 Å². The van der Waals surface area contributed by atoms with Gasteiger partial charge in [-0.05, 0) is 28.8 Å². The monoisotopic (exact) mass is 347 g/mol. The average Bonchev–Trinajstić information content (AvgIpc) is 2.96. The number of hydrogen-bond acceptors (Lipinski definition) is 3. The highest BCUT2D eigenvalue weighted by molar-refractivity contribution is 9.10. The van der Waals surface area contributed by atoms with Crippen molar-refractivity contribution >= 4 is 15.9 Å². The van der Waals surface area contributed by atoms with Crippen molar-refractivity contribution in [1.29, 1.82) is 0 Å². The van der Waals surface area contributed by atoms with Crippen molar-refractivity contribution in [3.8, 4) is 5.75 Å². The van der Waals surface area contributed by atoms with Crippen molar-refractivity contribution in [2.45, 2.75) is 18.4 Å². The van der Waals surface area contributed by atoms with Gasteiger partial charge in [0.15, 0.2) is 0 Å². The predicted molar refractivity (Wildman–Crippen MR) is 86.4 cm³/mol. The Balaban J connectivity index is 1.99. The molecule has 2 aromatic rings. The Bertz CT molecular complexity index is 645. The third-order valence-electron chi connectivity index (χ3n) is 3.96. The molecule has 3 N–H and O–H groups in total. The van der Waals surface area contributed by atoms with Crippen molar-refractivity contribution in [2.24, 2.45) is 5.73 Å². The highest BCUT2D eigenvalue weighted by Crippen LogP contribution is 2.36. The molecule has 3 nitrogen and oxygen atoms in total. The van der Waals surface area contributed by atoms with Gasteiger partial charge in [-0.3, -0.25) is 0 Å². The largest absolute Gasteiger partial charge is 0.493 e. The predicted octanol–water partition coefficient (Wildman–Crippen LogP) is 2.77. The van der Waals surface area contributed by atoms with Gasteiger partial charge in [-0.15, -0.1) is 0 Å². The Labute approximate surface area is 132 Å². The van der Waals surface area contributed by atoms with Gasteiger partial charge in [-0.2, -0.15) is 0 Å². The van der Waals surface area contributed by atoms with Crippen LogP contribution in [0.4, 0.5) is 0 Å². The molecule has 1 atom stereocenters. The first-order valence-corrected chi connectivity index (χ1v) is 7.84. The molecule has 0 radical (unpaired) electrons. The fraction of sp³-hybridized carbons (Fsp3) is 0.294. The lowest BCUT2D eigenvalue weighted by atomic mass is 9.86. The summed E-state index contributed by atoms with van der Waals surface area (Å²) in [6.07, 6.45) is 1.35. The fourth-order valence-corrected chi connectivity index (χ4v) is 3.39. The standard InChI is InChI=1S/C17H18BrNO2/c18-15-8-12-6-7-21-16(12)13(9-15)10-17(20,11-19)14-4-2-1-3-5-14/h1-5,8-9,20H,6-7,10-11,19H2. The molecule has 1 aliphatic rings. The summed E-state index contributed by atoms with van der Waals surface area (Å²) < 4.78 is 6.75. The molecular formula is C17H18BrNO2. The molecular weight excluding hydrogens is 330 g/mol. The van der Waals surface area contributed by atoms with Crippen LogP contribution in [0.15, 0.2) is 46.9 Å². The van der Waals surface area contributed by atoms with Crippen LogP contribution in [0.25, 0.3) is 0 Å². The van der Waals surface area contributed by atoms with E-state index in [1.54, 1.807) is 0 Å². The zero-order valence-electron chi connectivity index (χ0n) is 11.7. The second-order valence-electron chi connectivity index (χ2n) is 5.43. The number of hydrogen-bond donors (Lipinski definition) is 2. The molecule has 0 aliphatic carbocycles. The van der Waals surface area contributed by atoms with Gasteiger partial charge in [-0.25, -0.2) is 0 Å². The van der Waals surface area contributed by atoms with E-state index in [1.165, 1.54) is 5.56 Å². The topological polar surface area (TPSA) is 55.5 Å². The third kappa shape index (κ3) is 2.84. The van der Waals surface area contributed by atoms with Gasteiger partial charge in [0.25, 0.3) is 0 Å². The van der Waals surface area contributed by atoms with E-state index < -0.39 is 5.60 Å². The lowest BCUT2D eigenvalue weighted by Gasteiger charge is -2.28. The van der Waals surface area contributed by atoms with Crippen molar-refractivity contribution in [3.05, 3.63) is 63.6 Å². The summed E-state index contributed by atoms with van der Waals surface area (Å²) in [5.74, 6) is 0.904. The van der Waals surface area contributed by atoms with Crippen molar-refractivity contribution in [2.75, 3.05) is 13.2 Å². The SMILES string of the molecule is NCC(O)(Cc1cc(Br)cc2c1OCC2)c1ccccc1. The van der Waals surface area contributed by atoms with Crippen LogP contribution < -0.4 is 10.5 Å². The van der Waals surface area contributed by atoms with E-state index in [0.29, 0.717) is 13.0 Å². The molecule has 4 heteroatoms. The highest BCUT2D eigenvalue weighted by atomic mass is 79.9. The first-order valence-electron chi connectivity index (χ1n) is 7.04. The molecule has 110 valence electrons. The Kier molecular flexibility index (Phi) is 4.02. The molecule has 0 saturated carbocycles. The Morgan fingerprint density at radius 2 is 2.00 bits per heavy atom. The summed E-state index contributed by atoms with van der Waals surface area (Å²) in [6, 6.07) is 13.7. The molecule has 0 fully saturated rings. The lowest BCUT2D eigenvalue weighted by Crippen LogP contribution is -2.37. The van der Waals surface area contributed by atoms with Crippen molar-refractivity contribution in [3.63, 3.8) is 0 Å². The number of ether oxygens (including phenoxy) is 1. The number of benzene rings is 2. The zero-order valence-corrected chi connectivity index (χ0v) is 13.3. The van der Waals surface area contributed by atoms with Gasteiger partial charge < -0.3 is 15.6 Å². The molecule has 0 saturated heterocycles. The van der Waals surface area contributed by atoms with Gasteiger partial charge in [0.05, 0.1) is 6.61 Å². The van der Waals surface area contributed by atoms with E-state index in [2.05, 4.69) is 22.0 Å². The van der Waals surface area contributed by atoms with E-state index in [4.69, 9.17) is 10.5 Å². The summed E-state index contributed by atoms with van der Waals surface area (Å²) in [5, 5.41) is 11.0. The summed E-state index contributed by atoms with van der Waals surface area (Å²) in [7, 11) is 0. The van der Waals surface area contributed by atoms with Crippen LogP contribution in [0.5, 0.6) is 5.75 Å². The smallest absolute Gasteiger partial charge is 0.126 e. The molecule has 1 heterocycles. The second-order valence-corrected chi connectivity index (χ2v) is 6.35. The van der Waals surface area contributed by atoms with Gasteiger partial charge in [0.1, 0.15) is 11.4 Å². The molecule has 1 unspecified atom stereocenters. The van der Waals surface area contributed by atoms with Gasteiger partial charge in [0.2, 0.25) is 0 Å². The Morgan fingerprint density at radius 1 is 1.24 bits per heavy atom. The zero-order chi connectivity index (χ0) is 14.9. The first-order chi connectivity index (χ1) is 10.1. The number of fused-ring (bicyclic) bond motifs is 1. The summed E-state index contributed by atoms with van der Waals surface area (Å²) >= 11 is 3.53. The first kappa shape index (κ1) is 14.6. The highest BCUT2D eigenvalue weighted by Gasteiger charge is 2.30. The summed E-state index contributed by atoms with van der Waals surface area (Å²) in [5.41, 5.74) is 7.80. The maximum Gasteiger partial charge on any atom is 0.126 e. The van der Waals surface area contributed by atoms with Crippen LogP contribution >= 0.6 is 15.9 Å². The van der Waals surface area contributed by atoms with E-state index in [9.17, 15) is 5.11 Å². The minimum absolute atomic E-state index is 0.165. The molecule has 0 amide bonds. The van der Waals surface area contributed by atoms with Crippen molar-refractivity contribution in [1.82, 2.24) is 0 Å². The molecule has 3 rings (SSSR count). The average molecular weight is 348 g/mol. The van der Waals surface area contributed by atoms with Crippen LogP contribution in [0.3, 0.4) is 0 Å². The normalized spacial score (nSPS) is 16.1. The molecule has 1 aliphatic heterocycles. The molecule has 0 aromatic heterocycles. The molecule has 21 heavy (non-hydrogen) atoms. The van der Waals surface area contributed by atoms with Crippen LogP contribution in [-0.4, -0.2) is 18.3 Å². The number of nitrogens with two attached hydrogens (primary N) is 1. The summed E-state index contributed by atoms with van der Waals surface area (Å²) in [6.45, 7) is 0.865. The maximum absolute atomic E-state index is 11.0. The van der Waals surface area contributed by atoms with Gasteiger partial charge >= 0.3 is 0 Å². The minimum Gasteiger partial charge on any atom is -0.493 e. The van der Waals surface area contributed by atoms with Gasteiger partial charge in [-0.1, -0.05) is 46.3 Å². The second kappa shape index (κ2) is 5.79. The minimum atomic E-state index is -1.08. The fourth-order valence-electron chi connectivity index (χ4n) is 2.83. The summed E-state index contributed by atoms with van der Waals surface area (Å²) in [4.78, 5) is 0. The number of aliphatic hydroxyl groups is 1. The van der Waals surface area contributed by atoms with Crippen LogP contribution in [0.2, 0.25) is 0 Å². The van der Waals surface area contributed by atoms with Crippen LogP contribution in [0.1, 0.15) is 16.7 Å². The van der Waals surface area contributed by atoms with E-state index >= 15 is 0 Å². The van der Waals surface area contributed by atoms with E-state index in [0.717, 1.165) is 27.8 Å². The van der Waals surface area contributed by atoms with E-state index in [1.807, 2.05) is 36.4 Å². The molecule has 0 spiro atoms. The number of rotatable bonds is 4. The van der Waals surface area contributed by atoms with Crippen LogP contribution in [0, 0.1) is 0 Å². The third-order valence-corrected chi connectivity index (χ3v) is 4.41. The Hall–Kier alpha value is -1.36. The van der Waals surface area contributed by atoms with Crippen molar-refractivity contribution < 1.29 is 9.84 Å². The quantitative estimate of drug-likeness (QED) is 0.893.